The summed E-state index contributed by atoms with van der Waals surface area (Å²) in [4.78, 5) is 25.7. The number of amides is 3. The summed E-state index contributed by atoms with van der Waals surface area (Å²) < 4.78 is 0. The number of carbonyl (C=O) groups excluding carboxylic acids is 2. The van der Waals surface area contributed by atoms with Crippen molar-refractivity contribution in [3.8, 4) is 0 Å². The van der Waals surface area contributed by atoms with Gasteiger partial charge in [0, 0.05) is 32.1 Å². The van der Waals surface area contributed by atoms with E-state index in [9.17, 15) is 9.59 Å². The van der Waals surface area contributed by atoms with E-state index in [2.05, 4.69) is 45.1 Å². The van der Waals surface area contributed by atoms with Gasteiger partial charge in [0.2, 0.25) is 5.91 Å². The summed E-state index contributed by atoms with van der Waals surface area (Å²) in [7, 11) is 0. The standard InChI is InChI=1S/C20H32N4O2/c1-16(2)19(25)21-10-11-22-20(26)23-14-17-6-8-18(9-7-17)15-24-12-4-3-5-13-24/h6-9,16H,3-5,10-15H2,1-2H3,(H,21,25)(H2,22,23,26). The second-order valence-corrected chi connectivity index (χ2v) is 7.21. The summed E-state index contributed by atoms with van der Waals surface area (Å²) in [5, 5.41) is 8.34. The van der Waals surface area contributed by atoms with Crippen LogP contribution < -0.4 is 16.0 Å². The maximum Gasteiger partial charge on any atom is 0.315 e. The smallest absolute Gasteiger partial charge is 0.315 e. The van der Waals surface area contributed by atoms with Gasteiger partial charge in [-0.05, 0) is 37.1 Å². The van der Waals surface area contributed by atoms with E-state index >= 15 is 0 Å². The minimum absolute atomic E-state index is 0.00292. The van der Waals surface area contributed by atoms with Gasteiger partial charge in [-0.15, -0.1) is 0 Å². The largest absolute Gasteiger partial charge is 0.354 e. The van der Waals surface area contributed by atoms with Crippen molar-refractivity contribution in [3.05, 3.63) is 35.4 Å². The van der Waals surface area contributed by atoms with E-state index in [4.69, 9.17) is 0 Å². The normalized spacial score (nSPS) is 14.9. The van der Waals surface area contributed by atoms with Gasteiger partial charge in [-0.25, -0.2) is 4.79 Å². The van der Waals surface area contributed by atoms with Crippen LogP contribution in [0, 0.1) is 5.92 Å². The predicted molar refractivity (Wildman–Crippen MR) is 104 cm³/mol. The quantitative estimate of drug-likeness (QED) is 0.623. The molecule has 6 heteroatoms. The average Bonchev–Trinajstić information content (AvgIpc) is 2.65. The Bertz CT molecular complexity index is 566. The highest BCUT2D eigenvalue weighted by molar-refractivity contribution is 5.78. The van der Waals surface area contributed by atoms with Crippen molar-refractivity contribution in [1.82, 2.24) is 20.9 Å². The van der Waals surface area contributed by atoms with Crippen molar-refractivity contribution < 1.29 is 9.59 Å². The van der Waals surface area contributed by atoms with Crippen molar-refractivity contribution >= 4 is 11.9 Å². The maximum atomic E-state index is 11.8. The SMILES string of the molecule is CC(C)C(=O)NCCNC(=O)NCc1ccc(CN2CCCCC2)cc1. The molecule has 1 aromatic carbocycles. The number of urea groups is 1. The molecular weight excluding hydrogens is 328 g/mol. The lowest BCUT2D eigenvalue weighted by molar-refractivity contribution is -0.123. The van der Waals surface area contributed by atoms with Crippen molar-refractivity contribution in [3.63, 3.8) is 0 Å². The number of hydrogen-bond donors (Lipinski definition) is 3. The Morgan fingerprint density at radius 2 is 1.54 bits per heavy atom. The van der Waals surface area contributed by atoms with E-state index in [1.54, 1.807) is 0 Å². The van der Waals surface area contributed by atoms with Crippen molar-refractivity contribution in [1.29, 1.82) is 0 Å². The highest BCUT2D eigenvalue weighted by Gasteiger charge is 2.10. The van der Waals surface area contributed by atoms with Gasteiger partial charge in [0.15, 0.2) is 0 Å². The third kappa shape index (κ3) is 7.44. The van der Waals surface area contributed by atoms with Crippen LogP contribution in [0.2, 0.25) is 0 Å². The summed E-state index contributed by atoms with van der Waals surface area (Å²) in [6.07, 6.45) is 3.96. The number of likely N-dealkylation sites (tertiary alicyclic amines) is 1. The van der Waals surface area contributed by atoms with Crippen molar-refractivity contribution in [2.45, 2.75) is 46.2 Å². The third-order valence-electron chi connectivity index (χ3n) is 4.57. The first kappa shape index (κ1) is 20.2. The maximum absolute atomic E-state index is 11.8. The van der Waals surface area contributed by atoms with Crippen LogP contribution in [0.25, 0.3) is 0 Å². The number of piperidine rings is 1. The van der Waals surface area contributed by atoms with Gasteiger partial charge < -0.3 is 16.0 Å². The number of nitrogens with one attached hydrogen (secondary N) is 3. The summed E-state index contributed by atoms with van der Waals surface area (Å²) in [6.45, 7) is 8.43. The summed E-state index contributed by atoms with van der Waals surface area (Å²) >= 11 is 0. The molecule has 0 aliphatic carbocycles. The molecule has 144 valence electrons. The Hall–Kier alpha value is -2.08. The first-order chi connectivity index (χ1) is 12.5. The molecule has 1 saturated heterocycles. The lowest BCUT2D eigenvalue weighted by atomic mass is 10.1. The number of nitrogens with zero attached hydrogens (tertiary/aromatic N) is 1. The van der Waals surface area contributed by atoms with Gasteiger partial charge in [-0.2, -0.15) is 0 Å². The Labute approximate surface area is 156 Å². The summed E-state index contributed by atoms with van der Waals surface area (Å²) in [5.41, 5.74) is 2.40. The molecule has 0 spiro atoms. The van der Waals surface area contributed by atoms with Crippen LogP contribution in [-0.4, -0.2) is 43.0 Å². The lowest BCUT2D eigenvalue weighted by Crippen LogP contribution is -2.40. The molecule has 0 atom stereocenters. The van der Waals surface area contributed by atoms with Crippen LogP contribution in [-0.2, 0) is 17.9 Å². The van der Waals surface area contributed by atoms with E-state index in [1.807, 2.05) is 13.8 Å². The zero-order valence-corrected chi connectivity index (χ0v) is 16.0. The molecule has 0 unspecified atom stereocenters. The average molecular weight is 361 g/mol. The van der Waals surface area contributed by atoms with Crippen molar-refractivity contribution in [2.24, 2.45) is 5.92 Å². The molecule has 3 amide bonds. The van der Waals surface area contributed by atoms with Crippen LogP contribution in [0.15, 0.2) is 24.3 Å². The molecule has 0 radical (unpaired) electrons. The molecular formula is C20H32N4O2. The van der Waals surface area contributed by atoms with Crippen LogP contribution in [0.4, 0.5) is 4.79 Å². The van der Waals surface area contributed by atoms with Gasteiger partial charge >= 0.3 is 6.03 Å². The van der Waals surface area contributed by atoms with Gasteiger partial charge in [0.1, 0.15) is 0 Å². The molecule has 2 rings (SSSR count). The molecule has 1 aromatic rings. The fourth-order valence-corrected chi connectivity index (χ4v) is 2.95. The predicted octanol–water partition coefficient (Wildman–Crippen LogP) is 2.24. The number of benzene rings is 1. The summed E-state index contributed by atoms with van der Waals surface area (Å²) in [6, 6.07) is 8.21. The highest BCUT2D eigenvalue weighted by atomic mass is 16.2. The van der Waals surface area contributed by atoms with Crippen LogP contribution in [0.5, 0.6) is 0 Å². The highest BCUT2D eigenvalue weighted by Crippen LogP contribution is 2.13. The molecule has 26 heavy (non-hydrogen) atoms. The molecule has 1 aliphatic heterocycles. The second-order valence-electron chi connectivity index (χ2n) is 7.21. The van der Waals surface area contributed by atoms with E-state index in [1.165, 1.54) is 37.9 Å². The fourth-order valence-electron chi connectivity index (χ4n) is 2.95. The number of carbonyl (C=O) groups is 2. The van der Waals surface area contributed by atoms with E-state index in [0.29, 0.717) is 19.6 Å². The molecule has 1 aliphatic rings. The zero-order chi connectivity index (χ0) is 18.8. The molecule has 0 saturated carbocycles. The van der Waals surface area contributed by atoms with E-state index in [0.717, 1.165) is 12.1 Å². The molecule has 0 bridgehead atoms. The van der Waals surface area contributed by atoms with Gasteiger partial charge in [0.25, 0.3) is 0 Å². The van der Waals surface area contributed by atoms with Crippen LogP contribution in [0.1, 0.15) is 44.2 Å². The molecule has 3 N–H and O–H groups in total. The first-order valence-corrected chi connectivity index (χ1v) is 9.64. The minimum Gasteiger partial charge on any atom is -0.354 e. The third-order valence-corrected chi connectivity index (χ3v) is 4.57. The Morgan fingerprint density at radius 1 is 0.923 bits per heavy atom. The number of rotatable bonds is 8. The molecule has 1 heterocycles. The molecule has 6 nitrogen and oxygen atoms in total. The monoisotopic (exact) mass is 360 g/mol. The molecule has 0 aromatic heterocycles. The Morgan fingerprint density at radius 3 is 2.19 bits per heavy atom. The van der Waals surface area contributed by atoms with Crippen LogP contribution in [0.3, 0.4) is 0 Å². The topological polar surface area (TPSA) is 73.5 Å². The van der Waals surface area contributed by atoms with Gasteiger partial charge in [-0.3, -0.25) is 9.69 Å². The van der Waals surface area contributed by atoms with E-state index < -0.39 is 0 Å². The Balaban J connectivity index is 1.62. The van der Waals surface area contributed by atoms with Crippen LogP contribution >= 0.6 is 0 Å². The number of hydrogen-bond acceptors (Lipinski definition) is 3. The first-order valence-electron chi connectivity index (χ1n) is 9.64. The molecule has 1 fully saturated rings. The van der Waals surface area contributed by atoms with Gasteiger partial charge in [-0.1, -0.05) is 44.5 Å². The fraction of sp³-hybridized carbons (Fsp3) is 0.600. The minimum atomic E-state index is -0.221. The van der Waals surface area contributed by atoms with Gasteiger partial charge in [0.05, 0.1) is 0 Å². The second kappa shape index (κ2) is 10.8. The van der Waals surface area contributed by atoms with Crippen molar-refractivity contribution in [2.75, 3.05) is 26.2 Å². The van der Waals surface area contributed by atoms with E-state index in [-0.39, 0.29) is 17.9 Å². The lowest BCUT2D eigenvalue weighted by Gasteiger charge is -2.26. The summed E-state index contributed by atoms with van der Waals surface area (Å²) in [5.74, 6) is -0.0430. The Kier molecular flexibility index (Phi) is 8.41. The zero-order valence-electron chi connectivity index (χ0n) is 16.0.